The van der Waals surface area contributed by atoms with Gasteiger partial charge in [-0.3, -0.25) is 4.79 Å². The van der Waals surface area contributed by atoms with Gasteiger partial charge < -0.3 is 15.8 Å². The average Bonchev–Trinajstić information content (AvgIpc) is 2.38. The van der Waals surface area contributed by atoms with Crippen molar-refractivity contribution in [2.24, 2.45) is 23.0 Å². The van der Waals surface area contributed by atoms with Crippen molar-refractivity contribution in [3.05, 3.63) is 0 Å². The van der Waals surface area contributed by atoms with E-state index in [-0.39, 0.29) is 23.7 Å². The lowest BCUT2D eigenvalue weighted by molar-refractivity contribution is -0.137. The van der Waals surface area contributed by atoms with Crippen molar-refractivity contribution in [2.45, 2.75) is 52.0 Å². The molecule has 5 heteroatoms. The van der Waals surface area contributed by atoms with Gasteiger partial charge in [0, 0.05) is 25.8 Å². The van der Waals surface area contributed by atoms with Crippen LogP contribution in [0.25, 0.3) is 0 Å². The molecule has 3 N–H and O–H groups in total. The molecule has 0 aromatic heterocycles. The lowest BCUT2D eigenvalue weighted by atomic mass is 9.77. The Hall–Kier alpha value is -0.320. The van der Waals surface area contributed by atoms with Crippen LogP contribution in [0, 0.1) is 17.3 Å². The normalized spacial score (nSPS) is 33.0. The van der Waals surface area contributed by atoms with Crippen molar-refractivity contribution >= 4 is 18.3 Å². The molecule has 2 atom stereocenters. The van der Waals surface area contributed by atoms with Crippen LogP contribution < -0.4 is 11.1 Å². The molecule has 20 heavy (non-hydrogen) atoms. The van der Waals surface area contributed by atoms with E-state index in [1.54, 1.807) is 0 Å². The summed E-state index contributed by atoms with van der Waals surface area (Å²) in [5.74, 6) is 1.57. The van der Waals surface area contributed by atoms with E-state index >= 15 is 0 Å². The number of carbonyl (C=O) groups excluding carboxylic acids is 1. The maximum Gasteiger partial charge on any atom is 0.227 e. The van der Waals surface area contributed by atoms with Gasteiger partial charge in [-0.1, -0.05) is 13.8 Å². The zero-order chi connectivity index (χ0) is 13.9. The molecule has 0 bridgehead atoms. The van der Waals surface area contributed by atoms with Gasteiger partial charge in [-0.25, -0.2) is 0 Å². The van der Waals surface area contributed by atoms with Crippen LogP contribution in [0.15, 0.2) is 0 Å². The van der Waals surface area contributed by atoms with E-state index in [0.29, 0.717) is 37.6 Å². The highest BCUT2D eigenvalue weighted by atomic mass is 35.5. The molecule has 0 radical (unpaired) electrons. The number of halogens is 1. The third-order valence-electron chi connectivity index (χ3n) is 4.84. The number of amides is 1. The fourth-order valence-electron chi connectivity index (χ4n) is 3.69. The van der Waals surface area contributed by atoms with Crippen LogP contribution in [-0.2, 0) is 9.53 Å². The molecule has 0 aromatic carbocycles. The van der Waals surface area contributed by atoms with Gasteiger partial charge in [-0.15, -0.1) is 12.4 Å². The monoisotopic (exact) mass is 304 g/mol. The Balaban J connectivity index is 0.00000200. The van der Waals surface area contributed by atoms with Crippen LogP contribution in [0.4, 0.5) is 0 Å². The Morgan fingerprint density at radius 3 is 2.25 bits per heavy atom. The second kappa shape index (κ2) is 7.62. The van der Waals surface area contributed by atoms with Crippen molar-refractivity contribution in [1.29, 1.82) is 0 Å². The first kappa shape index (κ1) is 17.7. The van der Waals surface area contributed by atoms with E-state index < -0.39 is 0 Å². The maximum absolute atomic E-state index is 12.6. The molecule has 2 unspecified atom stereocenters. The second-order valence-corrected chi connectivity index (χ2v) is 6.68. The fraction of sp³-hybridized carbons (Fsp3) is 0.933. The standard InChI is InChI=1S/C15H28N2O2.ClH/c1-11-7-12(2)9-13(8-11)17-14(18)15(10-16)3-5-19-6-4-15;/h11-13H,3-10,16H2,1-2H3,(H,17,18);1H. The molecule has 1 amide bonds. The largest absolute Gasteiger partial charge is 0.381 e. The van der Waals surface area contributed by atoms with Crippen molar-refractivity contribution in [1.82, 2.24) is 5.32 Å². The zero-order valence-corrected chi connectivity index (χ0v) is 13.5. The molecule has 1 aliphatic heterocycles. The summed E-state index contributed by atoms with van der Waals surface area (Å²) < 4.78 is 5.37. The summed E-state index contributed by atoms with van der Waals surface area (Å²) in [6.45, 7) is 6.30. The van der Waals surface area contributed by atoms with Crippen LogP contribution in [0.2, 0.25) is 0 Å². The Kier molecular flexibility index (Phi) is 6.76. The van der Waals surface area contributed by atoms with Crippen LogP contribution in [-0.4, -0.2) is 31.7 Å². The topological polar surface area (TPSA) is 64.4 Å². The molecule has 2 aliphatic rings. The lowest BCUT2D eigenvalue weighted by Crippen LogP contribution is -2.52. The Labute approximate surface area is 128 Å². The number of hydrogen-bond acceptors (Lipinski definition) is 3. The lowest BCUT2D eigenvalue weighted by Gasteiger charge is -2.38. The second-order valence-electron chi connectivity index (χ2n) is 6.68. The number of carbonyl (C=O) groups is 1. The predicted octanol–water partition coefficient (Wildman–Crippen LogP) is 2.10. The summed E-state index contributed by atoms with van der Waals surface area (Å²) in [6, 6.07) is 0.331. The molecule has 1 heterocycles. The molecule has 2 fully saturated rings. The van der Waals surface area contributed by atoms with E-state index in [0.717, 1.165) is 25.7 Å². The third kappa shape index (κ3) is 4.09. The van der Waals surface area contributed by atoms with E-state index in [1.165, 1.54) is 6.42 Å². The number of ether oxygens (including phenoxy) is 1. The van der Waals surface area contributed by atoms with Gasteiger partial charge in [0.25, 0.3) is 0 Å². The molecule has 1 aliphatic carbocycles. The van der Waals surface area contributed by atoms with E-state index in [2.05, 4.69) is 19.2 Å². The first-order valence-electron chi connectivity index (χ1n) is 7.64. The average molecular weight is 305 g/mol. The zero-order valence-electron chi connectivity index (χ0n) is 12.7. The van der Waals surface area contributed by atoms with Crippen LogP contribution >= 0.6 is 12.4 Å². The molecule has 1 saturated heterocycles. The van der Waals surface area contributed by atoms with E-state index in [9.17, 15) is 4.79 Å². The molecule has 2 rings (SSSR count). The van der Waals surface area contributed by atoms with Crippen molar-refractivity contribution < 1.29 is 9.53 Å². The Morgan fingerprint density at radius 2 is 1.75 bits per heavy atom. The van der Waals surface area contributed by atoms with Crippen molar-refractivity contribution in [2.75, 3.05) is 19.8 Å². The molecule has 1 saturated carbocycles. The maximum atomic E-state index is 12.6. The smallest absolute Gasteiger partial charge is 0.227 e. The Bertz CT molecular complexity index is 309. The SMILES string of the molecule is CC1CC(C)CC(NC(=O)C2(CN)CCOCC2)C1.Cl. The molecule has 0 aromatic rings. The van der Waals surface area contributed by atoms with Crippen molar-refractivity contribution in [3.63, 3.8) is 0 Å². The van der Waals surface area contributed by atoms with Gasteiger partial charge in [0.15, 0.2) is 0 Å². The van der Waals surface area contributed by atoms with Crippen molar-refractivity contribution in [3.8, 4) is 0 Å². The minimum absolute atomic E-state index is 0. The van der Waals surface area contributed by atoms with Gasteiger partial charge >= 0.3 is 0 Å². The summed E-state index contributed by atoms with van der Waals surface area (Å²) in [5.41, 5.74) is 5.50. The molecule has 0 spiro atoms. The van der Waals surface area contributed by atoms with Gasteiger partial charge in [0.1, 0.15) is 0 Å². The summed E-state index contributed by atoms with van der Waals surface area (Å²) >= 11 is 0. The number of nitrogens with one attached hydrogen (secondary N) is 1. The minimum Gasteiger partial charge on any atom is -0.381 e. The first-order valence-corrected chi connectivity index (χ1v) is 7.64. The first-order chi connectivity index (χ1) is 9.05. The van der Waals surface area contributed by atoms with Gasteiger partial charge in [-0.05, 0) is 43.9 Å². The summed E-state index contributed by atoms with van der Waals surface area (Å²) in [7, 11) is 0. The van der Waals surface area contributed by atoms with Crippen LogP contribution in [0.1, 0.15) is 46.0 Å². The van der Waals surface area contributed by atoms with Crippen LogP contribution in [0.3, 0.4) is 0 Å². The number of hydrogen-bond donors (Lipinski definition) is 2. The molecule has 4 nitrogen and oxygen atoms in total. The fourth-order valence-corrected chi connectivity index (χ4v) is 3.69. The highest BCUT2D eigenvalue weighted by Crippen LogP contribution is 2.32. The quantitative estimate of drug-likeness (QED) is 0.839. The number of nitrogens with two attached hydrogens (primary N) is 1. The van der Waals surface area contributed by atoms with Gasteiger partial charge in [-0.2, -0.15) is 0 Å². The summed E-state index contributed by atoms with van der Waals surface area (Å²) in [4.78, 5) is 12.6. The third-order valence-corrected chi connectivity index (χ3v) is 4.84. The minimum atomic E-state index is -0.387. The summed E-state index contributed by atoms with van der Waals surface area (Å²) in [5, 5.41) is 3.27. The number of rotatable bonds is 3. The van der Waals surface area contributed by atoms with Gasteiger partial charge in [0.05, 0.1) is 5.41 Å². The highest BCUT2D eigenvalue weighted by Gasteiger charge is 2.40. The molecule has 118 valence electrons. The van der Waals surface area contributed by atoms with E-state index in [4.69, 9.17) is 10.5 Å². The van der Waals surface area contributed by atoms with E-state index in [1.807, 2.05) is 0 Å². The van der Waals surface area contributed by atoms with Gasteiger partial charge in [0.2, 0.25) is 5.91 Å². The summed E-state index contributed by atoms with van der Waals surface area (Å²) in [6.07, 6.45) is 5.00. The molecular formula is C15H29ClN2O2. The molecular weight excluding hydrogens is 276 g/mol. The Morgan fingerprint density at radius 1 is 1.20 bits per heavy atom. The highest BCUT2D eigenvalue weighted by molar-refractivity contribution is 5.85. The predicted molar refractivity (Wildman–Crippen MR) is 82.9 cm³/mol. The van der Waals surface area contributed by atoms with Crippen LogP contribution in [0.5, 0.6) is 0 Å².